The molecule has 206 valence electrons. The number of rotatable bonds is 8. The van der Waals surface area contributed by atoms with Crippen molar-refractivity contribution >= 4 is 21.6 Å². The van der Waals surface area contributed by atoms with Crippen molar-refractivity contribution in [1.29, 1.82) is 0 Å². The monoisotopic (exact) mass is 553 g/mol. The van der Waals surface area contributed by atoms with Crippen LogP contribution in [0.2, 0.25) is 0 Å². The van der Waals surface area contributed by atoms with Gasteiger partial charge in [-0.25, -0.2) is 8.42 Å². The van der Waals surface area contributed by atoms with Crippen LogP contribution in [-0.4, -0.2) is 56.8 Å². The number of hydrogen-bond acceptors (Lipinski definition) is 4. The number of piperazine rings is 1. The van der Waals surface area contributed by atoms with E-state index in [-0.39, 0.29) is 23.4 Å². The zero-order valence-electron chi connectivity index (χ0n) is 23.0. The van der Waals surface area contributed by atoms with E-state index < -0.39 is 10.0 Å². The molecule has 4 aromatic rings. The van der Waals surface area contributed by atoms with Crippen LogP contribution in [-0.2, 0) is 14.8 Å². The fourth-order valence-corrected chi connectivity index (χ4v) is 6.84. The maximum Gasteiger partial charge on any atom is 0.264 e. The minimum absolute atomic E-state index is 0.0875. The van der Waals surface area contributed by atoms with Crippen molar-refractivity contribution < 1.29 is 13.2 Å². The largest absolute Gasteiger partial charge is 0.339 e. The molecule has 1 heterocycles. The number of nitrogens with zero attached hydrogens (tertiary/aromatic N) is 3. The van der Waals surface area contributed by atoms with Gasteiger partial charge in [-0.15, -0.1) is 0 Å². The van der Waals surface area contributed by atoms with Gasteiger partial charge in [0.25, 0.3) is 10.0 Å². The standard InChI is InChI=1S/C33H35N3O3S/c1-26-18-19-27(2)31(24-26)36(40(38,39)30-16-10-5-11-17-30)25-32(37)34-20-22-35(23-21-34)33(28-12-6-3-7-13-28)29-14-8-4-9-15-29/h3-19,24,33H,20-23,25H2,1-2H3. The molecule has 0 aliphatic carbocycles. The smallest absolute Gasteiger partial charge is 0.264 e. The maximum atomic E-state index is 13.8. The number of hydrogen-bond donors (Lipinski definition) is 0. The summed E-state index contributed by atoms with van der Waals surface area (Å²) in [5, 5.41) is 0. The van der Waals surface area contributed by atoms with Crippen molar-refractivity contribution in [3.63, 3.8) is 0 Å². The van der Waals surface area contributed by atoms with Gasteiger partial charge in [0.15, 0.2) is 0 Å². The molecule has 1 amide bonds. The van der Waals surface area contributed by atoms with Gasteiger partial charge in [0.05, 0.1) is 16.6 Å². The highest BCUT2D eigenvalue weighted by Gasteiger charge is 2.32. The van der Waals surface area contributed by atoms with Crippen LogP contribution in [0.3, 0.4) is 0 Å². The first-order valence-corrected chi connectivity index (χ1v) is 15.1. The summed E-state index contributed by atoms with van der Waals surface area (Å²) in [4.78, 5) is 18.0. The summed E-state index contributed by atoms with van der Waals surface area (Å²) in [6.07, 6.45) is 0. The van der Waals surface area contributed by atoms with Crippen molar-refractivity contribution in [2.75, 3.05) is 37.0 Å². The van der Waals surface area contributed by atoms with Crippen molar-refractivity contribution in [3.8, 4) is 0 Å². The van der Waals surface area contributed by atoms with Gasteiger partial charge in [0, 0.05) is 26.2 Å². The van der Waals surface area contributed by atoms with Crippen LogP contribution in [0.5, 0.6) is 0 Å². The number of sulfonamides is 1. The summed E-state index contributed by atoms with van der Waals surface area (Å²) in [5.74, 6) is -0.198. The molecule has 1 fully saturated rings. The maximum absolute atomic E-state index is 13.8. The molecule has 0 bridgehead atoms. The van der Waals surface area contributed by atoms with Crippen LogP contribution in [0.15, 0.2) is 114 Å². The fourth-order valence-electron chi connectivity index (χ4n) is 5.34. The average Bonchev–Trinajstić information content (AvgIpc) is 2.99. The van der Waals surface area contributed by atoms with E-state index in [1.54, 1.807) is 35.2 Å². The highest BCUT2D eigenvalue weighted by atomic mass is 32.2. The third kappa shape index (κ3) is 5.96. The van der Waals surface area contributed by atoms with Gasteiger partial charge in [-0.05, 0) is 54.3 Å². The Balaban J connectivity index is 1.37. The van der Waals surface area contributed by atoms with E-state index in [1.165, 1.54) is 15.4 Å². The molecule has 4 aromatic carbocycles. The molecule has 6 nitrogen and oxygen atoms in total. The molecule has 1 aliphatic rings. The van der Waals surface area contributed by atoms with E-state index in [0.717, 1.165) is 11.1 Å². The van der Waals surface area contributed by atoms with Crippen LogP contribution < -0.4 is 4.31 Å². The lowest BCUT2D eigenvalue weighted by molar-refractivity contribution is -0.131. The molecule has 0 atom stereocenters. The molecule has 0 saturated carbocycles. The Labute approximate surface area is 237 Å². The van der Waals surface area contributed by atoms with E-state index in [0.29, 0.717) is 31.9 Å². The Morgan fingerprint density at radius 2 is 1.27 bits per heavy atom. The lowest BCUT2D eigenvalue weighted by atomic mass is 9.96. The van der Waals surface area contributed by atoms with Gasteiger partial charge < -0.3 is 4.90 Å². The molecule has 0 unspecified atom stereocenters. The second kappa shape index (κ2) is 12.1. The third-order valence-electron chi connectivity index (χ3n) is 7.51. The number of anilines is 1. The van der Waals surface area contributed by atoms with Crippen molar-refractivity contribution in [2.24, 2.45) is 0 Å². The minimum Gasteiger partial charge on any atom is -0.339 e. The highest BCUT2D eigenvalue weighted by molar-refractivity contribution is 7.92. The molecule has 1 saturated heterocycles. The van der Waals surface area contributed by atoms with Crippen LogP contribution in [0.25, 0.3) is 0 Å². The molecule has 1 aliphatic heterocycles. The molecule has 0 spiro atoms. The van der Waals surface area contributed by atoms with Gasteiger partial charge in [-0.1, -0.05) is 91.0 Å². The van der Waals surface area contributed by atoms with Crippen molar-refractivity contribution in [1.82, 2.24) is 9.80 Å². The SMILES string of the molecule is Cc1ccc(C)c(N(CC(=O)N2CCN(C(c3ccccc3)c3ccccc3)CC2)S(=O)(=O)c2ccccc2)c1. The number of amides is 1. The fraction of sp³-hybridized carbons (Fsp3) is 0.242. The highest BCUT2D eigenvalue weighted by Crippen LogP contribution is 2.31. The minimum atomic E-state index is -3.95. The van der Waals surface area contributed by atoms with Gasteiger partial charge in [-0.2, -0.15) is 0 Å². The Kier molecular flexibility index (Phi) is 8.33. The molecular weight excluding hydrogens is 518 g/mol. The van der Waals surface area contributed by atoms with Gasteiger partial charge >= 0.3 is 0 Å². The van der Waals surface area contributed by atoms with E-state index in [4.69, 9.17) is 0 Å². The van der Waals surface area contributed by atoms with Crippen LogP contribution in [0.1, 0.15) is 28.3 Å². The normalized spacial score (nSPS) is 14.3. The predicted molar refractivity (Wildman–Crippen MR) is 160 cm³/mol. The molecule has 0 N–H and O–H groups in total. The Morgan fingerprint density at radius 3 is 1.82 bits per heavy atom. The zero-order valence-corrected chi connectivity index (χ0v) is 23.8. The lowest BCUT2D eigenvalue weighted by Gasteiger charge is -2.40. The third-order valence-corrected chi connectivity index (χ3v) is 9.28. The van der Waals surface area contributed by atoms with E-state index >= 15 is 0 Å². The van der Waals surface area contributed by atoms with Crippen LogP contribution in [0.4, 0.5) is 5.69 Å². The summed E-state index contributed by atoms with van der Waals surface area (Å²) in [6, 6.07) is 34.9. The van der Waals surface area contributed by atoms with Crippen LogP contribution >= 0.6 is 0 Å². The molecular formula is C33H35N3O3S. The number of carbonyl (C=O) groups is 1. The summed E-state index contributed by atoms with van der Waals surface area (Å²) in [6.45, 7) is 5.99. The molecule has 0 aromatic heterocycles. The van der Waals surface area contributed by atoms with Gasteiger partial charge in [0.2, 0.25) is 5.91 Å². The van der Waals surface area contributed by atoms with Crippen molar-refractivity contribution in [3.05, 3.63) is 131 Å². The quantitative estimate of drug-likeness (QED) is 0.292. The Bertz CT molecular complexity index is 1500. The first kappa shape index (κ1) is 27.6. The summed E-state index contributed by atoms with van der Waals surface area (Å²) in [5.41, 5.74) is 4.69. The topological polar surface area (TPSA) is 60.9 Å². The Morgan fingerprint density at radius 1 is 0.750 bits per heavy atom. The predicted octanol–water partition coefficient (Wildman–Crippen LogP) is 5.43. The molecule has 7 heteroatoms. The van der Waals surface area contributed by atoms with E-state index in [2.05, 4.69) is 53.4 Å². The lowest BCUT2D eigenvalue weighted by Crippen LogP contribution is -2.52. The summed E-state index contributed by atoms with van der Waals surface area (Å²) < 4.78 is 28.9. The van der Waals surface area contributed by atoms with E-state index in [9.17, 15) is 13.2 Å². The second-order valence-corrected chi connectivity index (χ2v) is 12.1. The first-order chi connectivity index (χ1) is 19.3. The van der Waals surface area contributed by atoms with Crippen LogP contribution in [0, 0.1) is 13.8 Å². The van der Waals surface area contributed by atoms with Gasteiger partial charge in [-0.3, -0.25) is 14.0 Å². The second-order valence-electron chi connectivity index (χ2n) is 10.3. The first-order valence-electron chi connectivity index (χ1n) is 13.6. The summed E-state index contributed by atoms with van der Waals surface area (Å²) >= 11 is 0. The zero-order chi connectivity index (χ0) is 28.1. The summed E-state index contributed by atoms with van der Waals surface area (Å²) in [7, 11) is -3.95. The molecule has 5 rings (SSSR count). The van der Waals surface area contributed by atoms with Gasteiger partial charge in [0.1, 0.15) is 6.54 Å². The number of benzene rings is 4. The Hall–Kier alpha value is -3.94. The average molecular weight is 554 g/mol. The van der Waals surface area contributed by atoms with E-state index in [1.807, 2.05) is 44.2 Å². The van der Waals surface area contributed by atoms with Crippen molar-refractivity contribution in [2.45, 2.75) is 24.8 Å². The number of carbonyl (C=O) groups excluding carboxylic acids is 1. The molecule has 0 radical (unpaired) electrons. The number of aryl methyl sites for hydroxylation is 2. The molecule has 40 heavy (non-hydrogen) atoms.